The summed E-state index contributed by atoms with van der Waals surface area (Å²) in [6.07, 6.45) is -0.411. The molecule has 0 rings (SSSR count). The zero-order valence-electron chi connectivity index (χ0n) is 12.7. The molecule has 0 aromatic heterocycles. The Balaban J connectivity index is 0. The van der Waals surface area contributed by atoms with Gasteiger partial charge in [-0.25, -0.2) is 0 Å². The maximum Gasteiger partial charge on any atom is 0.191 e. The van der Waals surface area contributed by atoms with E-state index in [-0.39, 0.29) is 18.9 Å². The van der Waals surface area contributed by atoms with E-state index in [4.69, 9.17) is 34.8 Å². The number of nitrogens with zero attached hydrogens (tertiary/aromatic N) is 1. The second-order valence-corrected chi connectivity index (χ2v) is 7.33. The average molecular weight is 351 g/mol. The minimum atomic E-state index is -1.47. The van der Waals surface area contributed by atoms with E-state index in [2.05, 4.69) is 20.8 Å². The molecule has 7 heteroatoms. The third-order valence-electron chi connectivity index (χ3n) is 3.28. The predicted molar refractivity (Wildman–Crippen MR) is 83.0 cm³/mol. The van der Waals surface area contributed by atoms with Crippen molar-refractivity contribution in [2.45, 2.75) is 50.4 Å². The first kappa shape index (κ1) is 22.5. The van der Waals surface area contributed by atoms with Crippen LogP contribution in [0.25, 0.3) is 0 Å². The van der Waals surface area contributed by atoms with E-state index < -0.39 is 9.76 Å². The van der Waals surface area contributed by atoms with Gasteiger partial charge in [0.05, 0.1) is 19.6 Å². The SMILES string of the molecule is CC[N+](CC)(CC)CC(C)O.O=C([O-])CCC(Cl)(Cl)Cl. The largest absolute Gasteiger partial charge is 0.550 e. The summed E-state index contributed by atoms with van der Waals surface area (Å²) in [6, 6.07) is 0. The summed E-state index contributed by atoms with van der Waals surface area (Å²) in [5.74, 6) is -1.21. The molecule has 122 valence electrons. The second-order valence-electron chi connectivity index (χ2n) is 4.81. The maximum absolute atomic E-state index is 9.76. The highest BCUT2D eigenvalue weighted by Crippen LogP contribution is 2.30. The van der Waals surface area contributed by atoms with Crippen molar-refractivity contribution in [2.24, 2.45) is 0 Å². The van der Waals surface area contributed by atoms with Crippen molar-refractivity contribution >= 4 is 40.8 Å². The molecular weight excluding hydrogens is 325 g/mol. The number of aliphatic hydroxyl groups is 1. The van der Waals surface area contributed by atoms with E-state index >= 15 is 0 Å². The number of halogens is 3. The van der Waals surface area contributed by atoms with Gasteiger partial charge in [0.1, 0.15) is 12.6 Å². The minimum absolute atomic E-state index is 0.0139. The summed E-state index contributed by atoms with van der Waals surface area (Å²) < 4.78 is -0.433. The number of carbonyl (C=O) groups excluding carboxylic acids is 1. The number of quaternary nitrogens is 1. The van der Waals surface area contributed by atoms with Crippen molar-refractivity contribution in [3.8, 4) is 0 Å². The quantitative estimate of drug-likeness (QED) is 0.565. The van der Waals surface area contributed by atoms with Crippen LogP contribution in [0.5, 0.6) is 0 Å². The molecule has 0 saturated heterocycles. The van der Waals surface area contributed by atoms with E-state index in [0.29, 0.717) is 0 Å². The maximum atomic E-state index is 9.76. The van der Waals surface area contributed by atoms with Crippen LogP contribution in [0, 0.1) is 0 Å². The van der Waals surface area contributed by atoms with E-state index in [0.717, 1.165) is 30.7 Å². The van der Waals surface area contributed by atoms with Crippen LogP contribution in [0.15, 0.2) is 0 Å². The molecule has 0 aliphatic carbocycles. The van der Waals surface area contributed by atoms with Crippen molar-refractivity contribution in [2.75, 3.05) is 26.2 Å². The molecule has 0 aliphatic heterocycles. The zero-order chi connectivity index (χ0) is 16.4. The number of aliphatic carboxylic acids is 1. The Bertz CT molecular complexity index is 256. The molecule has 0 saturated carbocycles. The fraction of sp³-hybridized carbons (Fsp3) is 0.923. The monoisotopic (exact) mass is 349 g/mol. The number of aliphatic hydroxyl groups excluding tert-OH is 1. The molecule has 0 heterocycles. The van der Waals surface area contributed by atoms with Gasteiger partial charge in [-0.3, -0.25) is 0 Å². The van der Waals surface area contributed by atoms with Gasteiger partial charge in [0.15, 0.2) is 3.79 Å². The summed E-state index contributed by atoms with van der Waals surface area (Å²) in [5, 5.41) is 19.0. The zero-order valence-corrected chi connectivity index (χ0v) is 14.9. The summed E-state index contributed by atoms with van der Waals surface area (Å²) in [6.45, 7) is 12.7. The summed E-state index contributed by atoms with van der Waals surface area (Å²) in [4.78, 5) is 9.76. The van der Waals surface area contributed by atoms with Crippen LogP contribution < -0.4 is 5.11 Å². The fourth-order valence-electron chi connectivity index (χ4n) is 1.86. The van der Waals surface area contributed by atoms with Crippen LogP contribution in [0.4, 0.5) is 0 Å². The summed E-state index contributed by atoms with van der Waals surface area (Å²) in [5.41, 5.74) is 0. The van der Waals surface area contributed by atoms with Crippen LogP contribution in [-0.2, 0) is 4.79 Å². The molecule has 0 aromatic rings. The number of carboxylic acid groups (broad SMARTS) is 1. The normalized spacial score (nSPS) is 13.4. The van der Waals surface area contributed by atoms with E-state index in [1.165, 1.54) is 0 Å². The number of carboxylic acids is 1. The van der Waals surface area contributed by atoms with E-state index in [1.807, 2.05) is 6.92 Å². The van der Waals surface area contributed by atoms with Crippen LogP contribution >= 0.6 is 34.8 Å². The molecule has 0 aliphatic rings. The molecule has 1 N–H and O–H groups in total. The number of carbonyl (C=O) groups is 1. The standard InChI is InChI=1S/C9H22NO.C4H5Cl3O2/c1-5-10(6-2,7-3)8-9(4)11;5-4(6,7)2-1-3(8)9/h9,11H,5-8H2,1-4H3;1-2H2,(H,8,9)/q+1;/p-1. The molecule has 0 spiro atoms. The molecule has 1 atom stereocenters. The predicted octanol–water partition coefficient (Wildman–Crippen LogP) is 2.13. The van der Waals surface area contributed by atoms with Crippen molar-refractivity contribution in [3.05, 3.63) is 0 Å². The molecule has 20 heavy (non-hydrogen) atoms. The molecule has 0 radical (unpaired) electrons. The first-order valence-electron chi connectivity index (χ1n) is 6.81. The summed E-state index contributed by atoms with van der Waals surface area (Å²) in [7, 11) is 0. The average Bonchev–Trinajstić information content (AvgIpc) is 2.33. The highest BCUT2D eigenvalue weighted by molar-refractivity contribution is 6.67. The van der Waals surface area contributed by atoms with Crippen molar-refractivity contribution < 1.29 is 19.5 Å². The van der Waals surface area contributed by atoms with Crippen LogP contribution in [0.2, 0.25) is 0 Å². The Labute approximate surface area is 137 Å². The number of likely N-dealkylation sites (N-methyl/N-ethyl adjacent to an activating group) is 1. The van der Waals surface area contributed by atoms with Crippen molar-refractivity contribution in [1.29, 1.82) is 0 Å². The third kappa shape index (κ3) is 13.3. The summed E-state index contributed by atoms with van der Waals surface area (Å²) >= 11 is 15.7. The number of alkyl halides is 3. The van der Waals surface area contributed by atoms with Gasteiger partial charge in [-0.2, -0.15) is 0 Å². The molecular formula is C13H26Cl3NO3. The number of rotatable bonds is 7. The van der Waals surface area contributed by atoms with Crippen LogP contribution in [0.3, 0.4) is 0 Å². The fourth-order valence-corrected chi connectivity index (χ4v) is 2.15. The molecule has 0 aromatic carbocycles. The Morgan fingerprint density at radius 3 is 1.70 bits per heavy atom. The lowest BCUT2D eigenvalue weighted by atomic mass is 10.2. The lowest BCUT2D eigenvalue weighted by Crippen LogP contribution is -2.51. The minimum Gasteiger partial charge on any atom is -0.550 e. The molecule has 1 unspecified atom stereocenters. The number of hydrogen-bond acceptors (Lipinski definition) is 3. The number of hydrogen-bond donors (Lipinski definition) is 1. The van der Waals surface area contributed by atoms with Gasteiger partial charge in [-0.05, 0) is 40.5 Å². The Morgan fingerprint density at radius 2 is 1.60 bits per heavy atom. The topological polar surface area (TPSA) is 60.4 Å². The molecule has 0 amide bonds. The van der Waals surface area contributed by atoms with E-state index in [1.54, 1.807) is 0 Å². The van der Waals surface area contributed by atoms with Crippen LogP contribution in [-0.4, -0.2) is 51.6 Å². The van der Waals surface area contributed by atoms with Gasteiger partial charge in [0.2, 0.25) is 0 Å². The smallest absolute Gasteiger partial charge is 0.191 e. The lowest BCUT2D eigenvalue weighted by Gasteiger charge is -2.36. The Hall–Kier alpha value is 0.260. The molecule has 4 nitrogen and oxygen atoms in total. The van der Waals surface area contributed by atoms with Gasteiger partial charge in [0.25, 0.3) is 0 Å². The van der Waals surface area contributed by atoms with E-state index in [9.17, 15) is 15.0 Å². The Kier molecular flexibility index (Phi) is 12.3. The van der Waals surface area contributed by atoms with Crippen molar-refractivity contribution in [1.82, 2.24) is 0 Å². The van der Waals surface area contributed by atoms with Crippen molar-refractivity contribution in [3.63, 3.8) is 0 Å². The van der Waals surface area contributed by atoms with Gasteiger partial charge in [-0.1, -0.05) is 34.8 Å². The van der Waals surface area contributed by atoms with Gasteiger partial charge in [0, 0.05) is 5.97 Å². The Morgan fingerprint density at radius 1 is 1.20 bits per heavy atom. The van der Waals surface area contributed by atoms with Gasteiger partial charge >= 0.3 is 0 Å². The van der Waals surface area contributed by atoms with Gasteiger partial charge in [-0.15, -0.1) is 0 Å². The highest BCUT2D eigenvalue weighted by Gasteiger charge is 2.22. The highest BCUT2D eigenvalue weighted by atomic mass is 35.6. The third-order valence-corrected chi connectivity index (χ3v) is 3.84. The molecule has 0 bridgehead atoms. The first-order chi connectivity index (χ1) is 9.01. The van der Waals surface area contributed by atoms with Gasteiger partial charge < -0.3 is 19.5 Å². The molecule has 0 fully saturated rings. The lowest BCUT2D eigenvalue weighted by molar-refractivity contribution is -0.925. The first-order valence-corrected chi connectivity index (χ1v) is 7.95. The second kappa shape index (κ2) is 10.9. The van der Waals surface area contributed by atoms with Crippen LogP contribution in [0.1, 0.15) is 40.5 Å².